The Balaban J connectivity index is 0.811. The average Bonchev–Trinajstić information content (AvgIpc) is 3.80. The van der Waals surface area contributed by atoms with Gasteiger partial charge in [0.2, 0.25) is 17.7 Å². The SMILES string of the molecule is CN(Cc1cccc(SCc2cn(-c3cccc(C(=O)NO)c3)nn2)c1)C(=O)CCCCCCCCCCNc1ccc2c(c1)C(=O)N(C1CCC(=O)NC1=O)C2=O. The van der Waals surface area contributed by atoms with Gasteiger partial charge >= 0.3 is 0 Å². The van der Waals surface area contributed by atoms with Crippen LogP contribution in [0.1, 0.15) is 113 Å². The second kappa shape index (κ2) is 20.0. The first kappa shape index (κ1) is 41.8. The predicted octanol–water partition coefficient (Wildman–Crippen LogP) is 5.66. The summed E-state index contributed by atoms with van der Waals surface area (Å²) in [7, 11) is 1.84. The first-order valence-electron chi connectivity index (χ1n) is 19.6. The number of hydrogen-bond donors (Lipinski definition) is 4. The lowest BCUT2D eigenvalue weighted by molar-refractivity contribution is -0.136. The number of nitrogens with zero attached hydrogens (tertiary/aromatic N) is 5. The van der Waals surface area contributed by atoms with Crippen molar-refractivity contribution in [3.63, 3.8) is 0 Å². The maximum absolute atomic E-state index is 13.1. The number of benzene rings is 3. The van der Waals surface area contributed by atoms with Crippen molar-refractivity contribution in [3.05, 3.63) is 101 Å². The Labute approximate surface area is 340 Å². The molecule has 304 valence electrons. The van der Waals surface area contributed by atoms with Gasteiger partial charge in [-0.25, -0.2) is 10.2 Å². The van der Waals surface area contributed by atoms with Crippen LogP contribution in [0.2, 0.25) is 0 Å². The molecule has 6 amide bonds. The highest BCUT2D eigenvalue weighted by Crippen LogP contribution is 2.30. The van der Waals surface area contributed by atoms with E-state index in [1.807, 2.05) is 25.2 Å². The van der Waals surface area contributed by atoms with Crippen molar-refractivity contribution in [1.82, 2.24) is 35.6 Å². The van der Waals surface area contributed by atoms with Gasteiger partial charge in [0.25, 0.3) is 17.7 Å². The zero-order chi connectivity index (χ0) is 41.0. The number of unbranched alkanes of at least 4 members (excludes halogenated alkanes) is 7. The maximum atomic E-state index is 13.1. The van der Waals surface area contributed by atoms with Gasteiger partial charge in [0.1, 0.15) is 6.04 Å². The molecule has 3 aromatic carbocycles. The Hall–Kier alpha value is -5.87. The van der Waals surface area contributed by atoms with E-state index in [1.165, 1.54) is 0 Å². The molecule has 6 rings (SSSR count). The van der Waals surface area contributed by atoms with Gasteiger partial charge in [-0.15, -0.1) is 16.9 Å². The smallest absolute Gasteiger partial charge is 0.274 e. The van der Waals surface area contributed by atoms with Gasteiger partial charge in [0.15, 0.2) is 0 Å². The quantitative estimate of drug-likeness (QED) is 0.0283. The van der Waals surface area contributed by atoms with Crippen LogP contribution in [0.5, 0.6) is 0 Å². The third-order valence-corrected chi connectivity index (χ3v) is 11.3. The molecule has 3 heterocycles. The lowest BCUT2D eigenvalue weighted by atomic mass is 10.0. The van der Waals surface area contributed by atoms with Crippen LogP contribution < -0.4 is 16.1 Å². The summed E-state index contributed by atoms with van der Waals surface area (Å²) in [6.07, 6.45) is 10.9. The Morgan fingerprint density at radius 1 is 0.897 bits per heavy atom. The topological polar surface area (TPSA) is 196 Å². The van der Waals surface area contributed by atoms with E-state index in [9.17, 15) is 28.8 Å². The molecule has 1 saturated heterocycles. The molecule has 4 N–H and O–H groups in total. The highest BCUT2D eigenvalue weighted by atomic mass is 32.2. The number of carbonyl (C=O) groups is 6. The molecule has 1 unspecified atom stereocenters. The van der Waals surface area contributed by atoms with E-state index < -0.39 is 35.6 Å². The maximum Gasteiger partial charge on any atom is 0.274 e. The van der Waals surface area contributed by atoms with Crippen LogP contribution in [0.3, 0.4) is 0 Å². The standard InChI is InChI=1S/C42H48N8O7S/c1-48(25-28-12-10-15-33(22-28)58-27-31-26-49(47-45-31)32-14-11-13-29(23-32)39(53)46-57)38(52)16-8-6-4-2-3-5-7-9-21-43-30-17-18-34-35(24-30)42(56)50(41(34)55)36-19-20-37(51)44-40(36)54/h10-15,17-18,22-24,26,36,43,57H,2-9,16,19-21,25,27H2,1H3,(H,46,53)(H,44,51,54). The molecule has 2 aliphatic rings. The van der Waals surface area contributed by atoms with Crippen LogP contribution in [0.4, 0.5) is 5.69 Å². The Bertz CT molecular complexity index is 2160. The number of thioether (sulfide) groups is 1. The number of hydroxylamine groups is 1. The van der Waals surface area contributed by atoms with Crippen molar-refractivity contribution in [3.8, 4) is 5.69 Å². The lowest BCUT2D eigenvalue weighted by Gasteiger charge is -2.27. The van der Waals surface area contributed by atoms with Gasteiger partial charge in [0.05, 0.1) is 28.7 Å². The minimum Gasteiger partial charge on any atom is -0.385 e. The Morgan fingerprint density at radius 3 is 2.41 bits per heavy atom. The normalized spacial score (nSPS) is 15.0. The number of rotatable bonds is 20. The molecule has 4 aromatic rings. The van der Waals surface area contributed by atoms with Crippen LogP contribution in [-0.2, 0) is 26.7 Å². The molecule has 0 saturated carbocycles. The molecule has 0 aliphatic carbocycles. The number of piperidine rings is 1. The Kier molecular flexibility index (Phi) is 14.4. The van der Waals surface area contributed by atoms with Crippen molar-refractivity contribution < 1.29 is 34.0 Å². The molecule has 2 aliphatic heterocycles. The number of carbonyl (C=O) groups excluding carboxylic acids is 6. The molecule has 1 aromatic heterocycles. The van der Waals surface area contributed by atoms with E-state index in [2.05, 4.69) is 27.0 Å². The lowest BCUT2D eigenvalue weighted by Crippen LogP contribution is -2.54. The average molecular weight is 809 g/mol. The first-order chi connectivity index (χ1) is 28.1. The highest BCUT2D eigenvalue weighted by Gasteiger charge is 2.44. The van der Waals surface area contributed by atoms with Crippen LogP contribution in [-0.4, -0.2) is 85.1 Å². The van der Waals surface area contributed by atoms with Gasteiger partial charge in [-0.1, -0.05) is 61.9 Å². The van der Waals surface area contributed by atoms with Gasteiger partial charge < -0.3 is 10.2 Å². The fourth-order valence-electron chi connectivity index (χ4n) is 7.06. The van der Waals surface area contributed by atoms with E-state index in [1.54, 1.807) is 75.5 Å². The van der Waals surface area contributed by atoms with Crippen molar-refractivity contribution in [2.24, 2.45) is 0 Å². The molecule has 0 spiro atoms. The monoisotopic (exact) mass is 808 g/mol. The van der Waals surface area contributed by atoms with Gasteiger partial charge in [-0.05, 0) is 73.4 Å². The molecule has 15 nitrogen and oxygen atoms in total. The molecular formula is C42H48N8O7S. The number of amides is 6. The summed E-state index contributed by atoms with van der Waals surface area (Å²) in [5, 5.41) is 22.9. The summed E-state index contributed by atoms with van der Waals surface area (Å²) in [5.41, 5.74) is 5.69. The molecule has 0 bridgehead atoms. The predicted molar refractivity (Wildman–Crippen MR) is 216 cm³/mol. The number of imide groups is 2. The summed E-state index contributed by atoms with van der Waals surface area (Å²) < 4.78 is 1.59. The molecule has 16 heteroatoms. The molecule has 58 heavy (non-hydrogen) atoms. The van der Waals surface area contributed by atoms with Gasteiger partial charge in [-0.2, -0.15) is 0 Å². The fourth-order valence-corrected chi connectivity index (χ4v) is 7.92. The fraction of sp³-hybridized carbons (Fsp3) is 0.381. The third kappa shape index (κ3) is 10.7. The van der Waals surface area contributed by atoms with E-state index in [0.717, 1.165) is 84.7 Å². The number of fused-ring (bicyclic) bond motifs is 1. The van der Waals surface area contributed by atoms with Crippen molar-refractivity contribution in [2.75, 3.05) is 18.9 Å². The zero-order valence-electron chi connectivity index (χ0n) is 32.4. The van der Waals surface area contributed by atoms with Crippen molar-refractivity contribution in [2.45, 2.75) is 93.9 Å². The van der Waals surface area contributed by atoms with E-state index in [0.29, 0.717) is 30.0 Å². The number of aromatic nitrogens is 3. The third-order valence-electron chi connectivity index (χ3n) is 10.2. The summed E-state index contributed by atoms with van der Waals surface area (Å²) in [5.74, 6) is -1.92. The molecular weight excluding hydrogens is 761 g/mol. The number of anilines is 1. The molecule has 1 fully saturated rings. The van der Waals surface area contributed by atoms with Crippen LogP contribution in [0.25, 0.3) is 5.69 Å². The minimum atomic E-state index is -0.975. The van der Waals surface area contributed by atoms with Crippen LogP contribution >= 0.6 is 11.8 Å². The Morgan fingerprint density at radius 2 is 1.64 bits per heavy atom. The van der Waals surface area contributed by atoms with E-state index >= 15 is 0 Å². The second-order valence-corrected chi connectivity index (χ2v) is 15.6. The van der Waals surface area contributed by atoms with Gasteiger partial charge in [0, 0.05) is 54.9 Å². The largest absolute Gasteiger partial charge is 0.385 e. The molecule has 0 radical (unpaired) electrons. The minimum absolute atomic E-state index is 0.0863. The second-order valence-electron chi connectivity index (χ2n) is 14.5. The van der Waals surface area contributed by atoms with E-state index in [4.69, 9.17) is 5.21 Å². The van der Waals surface area contributed by atoms with Crippen LogP contribution in [0.15, 0.2) is 77.8 Å². The zero-order valence-corrected chi connectivity index (χ0v) is 33.3. The van der Waals surface area contributed by atoms with Crippen molar-refractivity contribution >= 4 is 52.9 Å². The summed E-state index contributed by atoms with van der Waals surface area (Å²) in [4.78, 5) is 78.2. The van der Waals surface area contributed by atoms with Crippen LogP contribution in [0, 0.1) is 0 Å². The first-order valence-corrected chi connectivity index (χ1v) is 20.6. The summed E-state index contributed by atoms with van der Waals surface area (Å²) in [6, 6.07) is 18.9. The number of hydrogen-bond acceptors (Lipinski definition) is 11. The van der Waals surface area contributed by atoms with E-state index in [-0.39, 0.29) is 29.9 Å². The number of nitrogens with one attached hydrogen (secondary N) is 3. The summed E-state index contributed by atoms with van der Waals surface area (Å²) >= 11 is 1.62. The van der Waals surface area contributed by atoms with Gasteiger partial charge in [-0.3, -0.25) is 44.2 Å². The summed E-state index contributed by atoms with van der Waals surface area (Å²) in [6.45, 7) is 1.26. The highest BCUT2D eigenvalue weighted by molar-refractivity contribution is 7.98. The molecule has 1 atom stereocenters. The van der Waals surface area contributed by atoms with Crippen molar-refractivity contribution in [1.29, 1.82) is 0 Å².